The van der Waals surface area contributed by atoms with E-state index in [1.807, 2.05) is 0 Å². The highest BCUT2D eigenvalue weighted by Crippen LogP contribution is 2.16. The van der Waals surface area contributed by atoms with Crippen molar-refractivity contribution in [3.8, 4) is 0 Å². The van der Waals surface area contributed by atoms with Crippen molar-refractivity contribution in [3.05, 3.63) is 0 Å². The zero-order valence-corrected chi connectivity index (χ0v) is 10.4. The molecule has 0 saturated carbocycles. The Hall–Kier alpha value is 0. The van der Waals surface area contributed by atoms with Crippen molar-refractivity contribution >= 4 is 0 Å². The summed E-state index contributed by atoms with van der Waals surface area (Å²) in [6.45, 7) is 17.9. The Morgan fingerprint density at radius 2 is 1.00 bits per heavy atom. The third-order valence-corrected chi connectivity index (χ3v) is 2.39. The van der Waals surface area contributed by atoms with Crippen LogP contribution in [0.15, 0.2) is 0 Å². The van der Waals surface area contributed by atoms with E-state index in [0.717, 1.165) is 11.8 Å². The first-order chi connectivity index (χ1) is 5.20. The van der Waals surface area contributed by atoms with Crippen LogP contribution >= 0.6 is 0 Å². The third kappa shape index (κ3) is 16.5. The van der Waals surface area contributed by atoms with E-state index in [-0.39, 0.29) is 0 Å². The van der Waals surface area contributed by atoms with Gasteiger partial charge in [0.15, 0.2) is 0 Å². The lowest BCUT2D eigenvalue weighted by atomic mass is 9.94. The molecule has 0 saturated heterocycles. The summed E-state index contributed by atoms with van der Waals surface area (Å²) >= 11 is 0. The summed E-state index contributed by atoms with van der Waals surface area (Å²) in [4.78, 5) is 0. The summed E-state index contributed by atoms with van der Waals surface area (Å²) in [6.07, 6.45) is 1.27. The van der Waals surface area contributed by atoms with Crippen LogP contribution in [0.1, 0.15) is 61.8 Å². The molecule has 0 radical (unpaired) electrons. The van der Waals surface area contributed by atoms with E-state index in [4.69, 9.17) is 0 Å². The molecule has 0 amide bonds. The predicted molar refractivity (Wildman–Crippen MR) is 59.4 cm³/mol. The Balaban J connectivity index is 0. The second-order valence-electron chi connectivity index (χ2n) is 5.40. The molecule has 0 bridgehead atoms. The molecule has 76 valence electrons. The highest BCUT2D eigenvalue weighted by molar-refractivity contribution is 4.55. The van der Waals surface area contributed by atoms with Gasteiger partial charge in [-0.15, -0.1) is 0 Å². The largest absolute Gasteiger partial charge is 0.0649 e. The van der Waals surface area contributed by atoms with Gasteiger partial charge in [-0.1, -0.05) is 61.8 Å². The van der Waals surface area contributed by atoms with Crippen molar-refractivity contribution in [2.24, 2.45) is 17.3 Å². The molecule has 0 aliphatic rings. The molecule has 0 aliphatic carbocycles. The quantitative estimate of drug-likeness (QED) is 0.536. The summed E-state index contributed by atoms with van der Waals surface area (Å²) < 4.78 is 0. The lowest BCUT2D eigenvalue weighted by Crippen LogP contribution is -2.00. The minimum atomic E-state index is 0.542. The Labute approximate surface area is 79.8 Å². The van der Waals surface area contributed by atoms with Crippen molar-refractivity contribution in [2.45, 2.75) is 61.8 Å². The SMILES string of the molecule is CC(C)C(C)C.CCC(C)(C)C. The topological polar surface area (TPSA) is 0 Å². The standard InChI is InChI=1S/2C6H14/c1-5-6(2,3)4;1-5(2)6(3)4/h5H2,1-4H3;5-6H,1-4H3. The van der Waals surface area contributed by atoms with Crippen molar-refractivity contribution in [1.29, 1.82) is 0 Å². The van der Waals surface area contributed by atoms with E-state index in [2.05, 4.69) is 55.4 Å². The molecule has 0 heterocycles. The Morgan fingerprint density at radius 3 is 1.00 bits per heavy atom. The summed E-state index contributed by atoms with van der Waals surface area (Å²) in [5, 5.41) is 0. The zero-order valence-electron chi connectivity index (χ0n) is 10.4. The molecule has 12 heavy (non-hydrogen) atoms. The number of rotatable bonds is 1. The van der Waals surface area contributed by atoms with Gasteiger partial charge in [0.25, 0.3) is 0 Å². The van der Waals surface area contributed by atoms with Gasteiger partial charge in [0.2, 0.25) is 0 Å². The van der Waals surface area contributed by atoms with Crippen molar-refractivity contribution in [2.75, 3.05) is 0 Å². The fourth-order valence-corrected chi connectivity index (χ4v) is 0. The molecule has 0 fully saturated rings. The molecule has 0 N–H and O–H groups in total. The first-order valence-electron chi connectivity index (χ1n) is 5.20. The normalized spacial score (nSPS) is 11.5. The maximum Gasteiger partial charge on any atom is -0.0385 e. The zero-order chi connectivity index (χ0) is 10.4. The maximum atomic E-state index is 2.24. The minimum Gasteiger partial charge on any atom is -0.0649 e. The van der Waals surface area contributed by atoms with Crippen LogP contribution in [0.2, 0.25) is 0 Å². The highest BCUT2D eigenvalue weighted by atomic mass is 14.1. The Kier molecular flexibility index (Phi) is 7.88. The lowest BCUT2D eigenvalue weighted by molar-refractivity contribution is 0.398. The molecule has 0 aromatic carbocycles. The van der Waals surface area contributed by atoms with Crippen molar-refractivity contribution in [3.63, 3.8) is 0 Å². The van der Waals surface area contributed by atoms with Crippen LogP contribution in [-0.4, -0.2) is 0 Å². The molecule has 0 rings (SSSR count). The third-order valence-electron chi connectivity index (χ3n) is 2.39. The van der Waals surface area contributed by atoms with Crippen LogP contribution < -0.4 is 0 Å². The van der Waals surface area contributed by atoms with E-state index in [0.29, 0.717) is 5.41 Å². The number of hydrogen-bond donors (Lipinski definition) is 0. The van der Waals surface area contributed by atoms with Crippen LogP contribution in [-0.2, 0) is 0 Å². The molecule has 0 atom stereocenters. The highest BCUT2D eigenvalue weighted by Gasteiger charge is 2.03. The molecule has 0 aromatic rings. The van der Waals surface area contributed by atoms with Crippen LogP contribution in [0.25, 0.3) is 0 Å². The van der Waals surface area contributed by atoms with Crippen LogP contribution in [0, 0.1) is 17.3 Å². The van der Waals surface area contributed by atoms with Gasteiger partial charge in [0.1, 0.15) is 0 Å². The fraction of sp³-hybridized carbons (Fsp3) is 1.00. The first-order valence-corrected chi connectivity index (χ1v) is 5.20. The van der Waals surface area contributed by atoms with Crippen molar-refractivity contribution < 1.29 is 0 Å². The second kappa shape index (κ2) is 6.51. The monoisotopic (exact) mass is 172 g/mol. The summed E-state index contributed by atoms with van der Waals surface area (Å²) in [5.41, 5.74) is 0.542. The second-order valence-corrected chi connectivity index (χ2v) is 5.40. The van der Waals surface area contributed by atoms with Gasteiger partial charge in [-0.05, 0) is 17.3 Å². The van der Waals surface area contributed by atoms with E-state index < -0.39 is 0 Å². The van der Waals surface area contributed by atoms with Gasteiger partial charge in [-0.3, -0.25) is 0 Å². The Morgan fingerprint density at radius 1 is 0.833 bits per heavy atom. The average molecular weight is 172 g/mol. The van der Waals surface area contributed by atoms with Crippen LogP contribution in [0.5, 0.6) is 0 Å². The van der Waals surface area contributed by atoms with Gasteiger partial charge in [-0.2, -0.15) is 0 Å². The predicted octanol–water partition coefficient (Wildman–Crippen LogP) is 4.74. The summed E-state index contributed by atoms with van der Waals surface area (Å²) in [5.74, 6) is 1.70. The smallest absolute Gasteiger partial charge is 0.0385 e. The molecule has 0 aliphatic heterocycles. The van der Waals surface area contributed by atoms with Gasteiger partial charge in [0.05, 0.1) is 0 Å². The van der Waals surface area contributed by atoms with Crippen LogP contribution in [0.3, 0.4) is 0 Å². The molecule has 0 spiro atoms. The maximum absolute atomic E-state index is 2.24. The molecular weight excluding hydrogens is 144 g/mol. The van der Waals surface area contributed by atoms with Gasteiger partial charge >= 0.3 is 0 Å². The summed E-state index contributed by atoms with van der Waals surface area (Å²) in [6, 6.07) is 0. The fourth-order valence-electron chi connectivity index (χ4n) is 0. The molecule has 0 aromatic heterocycles. The van der Waals surface area contributed by atoms with Gasteiger partial charge in [0, 0.05) is 0 Å². The number of hydrogen-bond acceptors (Lipinski definition) is 0. The Bertz CT molecular complexity index is 76.7. The molecular formula is C12H28. The van der Waals surface area contributed by atoms with E-state index in [1.54, 1.807) is 0 Å². The molecule has 0 unspecified atom stereocenters. The average Bonchev–Trinajstić information content (AvgIpc) is 1.87. The van der Waals surface area contributed by atoms with Crippen LogP contribution in [0.4, 0.5) is 0 Å². The molecule has 0 heteroatoms. The van der Waals surface area contributed by atoms with Gasteiger partial charge in [-0.25, -0.2) is 0 Å². The van der Waals surface area contributed by atoms with E-state index in [9.17, 15) is 0 Å². The van der Waals surface area contributed by atoms with E-state index in [1.165, 1.54) is 6.42 Å². The van der Waals surface area contributed by atoms with Crippen molar-refractivity contribution in [1.82, 2.24) is 0 Å². The van der Waals surface area contributed by atoms with Gasteiger partial charge < -0.3 is 0 Å². The van der Waals surface area contributed by atoms with E-state index >= 15 is 0 Å². The lowest BCUT2D eigenvalue weighted by Gasteiger charge is -2.12. The minimum absolute atomic E-state index is 0.542. The summed E-state index contributed by atoms with van der Waals surface area (Å²) in [7, 11) is 0. The first kappa shape index (κ1) is 14.5. The molecule has 0 nitrogen and oxygen atoms in total.